The number of alkyl halides is 3. The van der Waals surface area contributed by atoms with Crippen LogP contribution in [0.1, 0.15) is 5.69 Å². The zero-order valence-corrected chi connectivity index (χ0v) is 11.3. The highest BCUT2D eigenvalue weighted by Gasteiger charge is 2.33. The van der Waals surface area contributed by atoms with Gasteiger partial charge in [-0.15, -0.1) is 0 Å². The van der Waals surface area contributed by atoms with Gasteiger partial charge in [-0.25, -0.2) is 9.37 Å². The Morgan fingerprint density at radius 1 is 1.15 bits per heavy atom. The summed E-state index contributed by atoms with van der Waals surface area (Å²) in [6.07, 6.45) is -4.63. The summed E-state index contributed by atoms with van der Waals surface area (Å²) in [6.45, 7) is 0. The molecule has 9 heteroatoms. The molecule has 0 amide bonds. The number of rotatable bonds is 2. The SMILES string of the molecule is Nc1nc(Nc2ccc(F)c(Br)c2)cc(C(F)(F)F)n1. The van der Waals surface area contributed by atoms with Crippen LogP contribution in [0.3, 0.4) is 0 Å². The number of hydrogen-bond acceptors (Lipinski definition) is 4. The Hall–Kier alpha value is -1.90. The first-order valence-corrected chi connectivity index (χ1v) is 5.99. The molecule has 106 valence electrons. The van der Waals surface area contributed by atoms with Crippen molar-refractivity contribution in [2.75, 3.05) is 11.1 Å². The minimum Gasteiger partial charge on any atom is -0.368 e. The molecule has 0 bridgehead atoms. The smallest absolute Gasteiger partial charge is 0.368 e. The second-order valence-corrected chi connectivity index (χ2v) is 4.60. The van der Waals surface area contributed by atoms with Crippen LogP contribution in [-0.4, -0.2) is 9.97 Å². The predicted molar refractivity (Wildman–Crippen MR) is 68.8 cm³/mol. The molecule has 1 aromatic carbocycles. The average molecular weight is 351 g/mol. The van der Waals surface area contributed by atoms with Crippen LogP contribution in [0.2, 0.25) is 0 Å². The van der Waals surface area contributed by atoms with E-state index in [9.17, 15) is 17.6 Å². The Kier molecular flexibility index (Phi) is 3.80. The van der Waals surface area contributed by atoms with Crippen LogP contribution in [0, 0.1) is 5.82 Å². The van der Waals surface area contributed by atoms with E-state index in [1.807, 2.05) is 0 Å². The van der Waals surface area contributed by atoms with E-state index < -0.39 is 23.6 Å². The first kappa shape index (κ1) is 14.5. The van der Waals surface area contributed by atoms with E-state index in [0.29, 0.717) is 11.8 Å². The number of halogens is 5. The van der Waals surface area contributed by atoms with Gasteiger partial charge in [0.05, 0.1) is 4.47 Å². The average Bonchev–Trinajstić information content (AvgIpc) is 2.32. The second kappa shape index (κ2) is 5.23. The number of hydrogen-bond donors (Lipinski definition) is 2. The van der Waals surface area contributed by atoms with Gasteiger partial charge in [0.25, 0.3) is 0 Å². The predicted octanol–water partition coefficient (Wildman–Crippen LogP) is 3.72. The van der Waals surface area contributed by atoms with Gasteiger partial charge in [0.1, 0.15) is 11.6 Å². The Balaban J connectivity index is 2.33. The lowest BCUT2D eigenvalue weighted by atomic mass is 10.3. The molecule has 0 fully saturated rings. The molecule has 0 radical (unpaired) electrons. The van der Waals surface area contributed by atoms with Crippen molar-refractivity contribution < 1.29 is 17.6 Å². The van der Waals surface area contributed by atoms with Gasteiger partial charge >= 0.3 is 6.18 Å². The summed E-state index contributed by atoms with van der Waals surface area (Å²) in [5.74, 6) is -1.14. The van der Waals surface area contributed by atoms with Crippen molar-refractivity contribution in [1.82, 2.24) is 9.97 Å². The molecule has 3 N–H and O–H groups in total. The Morgan fingerprint density at radius 2 is 1.85 bits per heavy atom. The molecule has 1 aromatic heterocycles. The largest absolute Gasteiger partial charge is 0.433 e. The summed E-state index contributed by atoms with van der Waals surface area (Å²) in [5, 5.41) is 2.60. The number of nitrogens with one attached hydrogen (secondary N) is 1. The molecule has 1 heterocycles. The fraction of sp³-hybridized carbons (Fsp3) is 0.0909. The van der Waals surface area contributed by atoms with Crippen molar-refractivity contribution in [3.8, 4) is 0 Å². The van der Waals surface area contributed by atoms with E-state index in [1.165, 1.54) is 12.1 Å². The standard InChI is InChI=1S/C11H7BrF4N4/c12-6-3-5(1-2-7(6)13)18-9-4-8(11(14,15)16)19-10(17)20-9/h1-4H,(H3,17,18,19,20). The lowest BCUT2D eigenvalue weighted by Gasteiger charge is -2.10. The molecule has 0 atom stereocenters. The number of anilines is 3. The van der Waals surface area contributed by atoms with Gasteiger partial charge in [0, 0.05) is 11.8 Å². The van der Waals surface area contributed by atoms with Gasteiger partial charge in [-0.05, 0) is 34.1 Å². The quantitative estimate of drug-likeness (QED) is 0.810. The second-order valence-electron chi connectivity index (χ2n) is 3.75. The zero-order chi connectivity index (χ0) is 14.9. The van der Waals surface area contributed by atoms with E-state index in [2.05, 4.69) is 31.2 Å². The molecular weight excluding hydrogens is 344 g/mol. The molecule has 0 aliphatic heterocycles. The monoisotopic (exact) mass is 350 g/mol. The third-order valence-electron chi connectivity index (χ3n) is 2.23. The summed E-state index contributed by atoms with van der Waals surface area (Å²) in [7, 11) is 0. The van der Waals surface area contributed by atoms with Gasteiger partial charge in [-0.2, -0.15) is 18.2 Å². The Bertz CT molecular complexity index is 645. The van der Waals surface area contributed by atoms with E-state index in [4.69, 9.17) is 5.73 Å². The van der Waals surface area contributed by atoms with Gasteiger partial charge < -0.3 is 11.1 Å². The molecule has 2 rings (SSSR count). The molecule has 2 aromatic rings. The highest BCUT2D eigenvalue weighted by Crippen LogP contribution is 2.30. The molecule has 0 aliphatic rings. The minimum absolute atomic E-state index is 0.136. The van der Waals surface area contributed by atoms with Crippen molar-refractivity contribution in [2.24, 2.45) is 0 Å². The first-order valence-electron chi connectivity index (χ1n) is 5.19. The van der Waals surface area contributed by atoms with Crippen LogP contribution in [0.15, 0.2) is 28.7 Å². The van der Waals surface area contributed by atoms with Gasteiger partial charge in [0.15, 0.2) is 5.69 Å². The first-order chi connectivity index (χ1) is 9.25. The van der Waals surface area contributed by atoms with Crippen molar-refractivity contribution in [1.29, 1.82) is 0 Å². The molecule has 0 saturated carbocycles. The number of aromatic nitrogens is 2. The highest BCUT2D eigenvalue weighted by atomic mass is 79.9. The van der Waals surface area contributed by atoms with Crippen molar-refractivity contribution in [3.63, 3.8) is 0 Å². The van der Waals surface area contributed by atoms with E-state index in [-0.39, 0.29) is 10.3 Å². The van der Waals surface area contributed by atoms with E-state index >= 15 is 0 Å². The van der Waals surface area contributed by atoms with Crippen LogP contribution < -0.4 is 11.1 Å². The molecule has 0 aliphatic carbocycles. The Morgan fingerprint density at radius 3 is 2.45 bits per heavy atom. The summed E-state index contributed by atoms with van der Waals surface area (Å²) in [4.78, 5) is 6.75. The van der Waals surface area contributed by atoms with E-state index in [0.717, 1.165) is 6.07 Å². The maximum Gasteiger partial charge on any atom is 0.433 e. The normalized spacial score (nSPS) is 11.4. The maximum atomic E-state index is 13.1. The fourth-order valence-electron chi connectivity index (χ4n) is 1.40. The van der Waals surface area contributed by atoms with Crippen LogP contribution >= 0.6 is 15.9 Å². The van der Waals surface area contributed by atoms with Crippen molar-refractivity contribution in [3.05, 3.63) is 40.2 Å². The van der Waals surface area contributed by atoms with Crippen molar-refractivity contribution in [2.45, 2.75) is 6.18 Å². The van der Waals surface area contributed by atoms with Gasteiger partial charge in [-0.3, -0.25) is 0 Å². The minimum atomic E-state index is -4.63. The zero-order valence-electron chi connectivity index (χ0n) is 9.67. The van der Waals surface area contributed by atoms with Gasteiger partial charge in [0.2, 0.25) is 5.95 Å². The number of nitrogens with zero attached hydrogens (tertiary/aromatic N) is 2. The lowest BCUT2D eigenvalue weighted by Crippen LogP contribution is -2.12. The summed E-state index contributed by atoms with van der Waals surface area (Å²) in [5.41, 5.74) is 4.43. The maximum absolute atomic E-state index is 13.1. The molecule has 0 saturated heterocycles. The topological polar surface area (TPSA) is 63.8 Å². The van der Waals surface area contributed by atoms with Crippen LogP contribution in [-0.2, 0) is 6.18 Å². The Labute approximate surface area is 119 Å². The summed E-state index contributed by atoms with van der Waals surface area (Å²) in [6, 6.07) is 4.59. The molecule has 0 unspecified atom stereocenters. The van der Waals surface area contributed by atoms with Crippen LogP contribution in [0.4, 0.5) is 35.0 Å². The summed E-state index contributed by atoms with van der Waals surface area (Å²) >= 11 is 2.97. The molecule has 0 spiro atoms. The lowest BCUT2D eigenvalue weighted by molar-refractivity contribution is -0.141. The third kappa shape index (κ3) is 3.35. The molecule has 20 heavy (non-hydrogen) atoms. The number of benzene rings is 1. The fourth-order valence-corrected chi connectivity index (χ4v) is 1.78. The van der Waals surface area contributed by atoms with Crippen molar-refractivity contribution >= 4 is 33.4 Å². The third-order valence-corrected chi connectivity index (χ3v) is 2.83. The molecule has 4 nitrogen and oxygen atoms in total. The number of nitrogen functional groups attached to an aromatic ring is 1. The molecular formula is C11H7BrF4N4. The highest BCUT2D eigenvalue weighted by molar-refractivity contribution is 9.10. The van der Waals surface area contributed by atoms with Crippen LogP contribution in [0.25, 0.3) is 0 Å². The van der Waals surface area contributed by atoms with Gasteiger partial charge in [-0.1, -0.05) is 0 Å². The summed E-state index contributed by atoms with van der Waals surface area (Å²) < 4.78 is 50.9. The van der Waals surface area contributed by atoms with Crippen LogP contribution in [0.5, 0.6) is 0 Å². The number of nitrogens with two attached hydrogens (primary N) is 1. The van der Waals surface area contributed by atoms with E-state index in [1.54, 1.807) is 0 Å².